The molecule has 0 saturated carbocycles. The van der Waals surface area contributed by atoms with Gasteiger partial charge >= 0.3 is 0 Å². The van der Waals surface area contributed by atoms with Crippen molar-refractivity contribution < 1.29 is 0 Å². The predicted molar refractivity (Wildman–Crippen MR) is 98.5 cm³/mol. The Bertz CT molecular complexity index is 885. The third-order valence-corrected chi connectivity index (χ3v) is 4.88. The van der Waals surface area contributed by atoms with E-state index in [1.807, 2.05) is 6.33 Å². The molecule has 0 unspecified atom stereocenters. The molecule has 0 spiro atoms. The number of benzene rings is 1. The highest BCUT2D eigenvalue weighted by molar-refractivity contribution is 5.91. The van der Waals surface area contributed by atoms with Gasteiger partial charge in [0.1, 0.15) is 18.5 Å². The Labute approximate surface area is 147 Å². The molecule has 0 aliphatic carbocycles. The first-order valence-electron chi connectivity index (χ1n) is 9.00. The number of rotatable bonds is 4. The molecule has 1 fully saturated rings. The number of para-hydroxylation sites is 1. The molecule has 2 aromatic heterocycles. The van der Waals surface area contributed by atoms with Crippen LogP contribution in [-0.4, -0.2) is 31.3 Å². The molecular weight excluding hydrogens is 312 g/mol. The molecule has 4 rings (SSSR count). The zero-order valence-electron chi connectivity index (χ0n) is 15.1. The van der Waals surface area contributed by atoms with Crippen molar-refractivity contribution in [1.29, 1.82) is 0 Å². The van der Waals surface area contributed by atoms with Crippen LogP contribution in [0.1, 0.15) is 44.1 Å². The van der Waals surface area contributed by atoms with Crippen LogP contribution in [0, 0.1) is 12.8 Å². The summed E-state index contributed by atoms with van der Waals surface area (Å²) >= 11 is 0. The van der Waals surface area contributed by atoms with Crippen LogP contribution < -0.4 is 4.90 Å². The van der Waals surface area contributed by atoms with Crippen molar-refractivity contribution in [3.63, 3.8) is 0 Å². The SMILES string of the molecule is Cc1cccc2c(N3CCC[C@H]3c3nncn3CC(C)C)ncnc12. The standard InChI is InChI=1S/C19H24N6/c1-13(2)10-24-12-22-23-19(24)16-8-5-9-25(16)18-15-7-4-6-14(3)17(15)20-11-21-18/h4,6-7,11-13,16H,5,8-10H2,1-3H3/t16-/m0/s1. The van der Waals surface area contributed by atoms with Crippen LogP contribution in [0.4, 0.5) is 5.82 Å². The first-order chi connectivity index (χ1) is 12.1. The Morgan fingerprint density at radius 2 is 2.12 bits per heavy atom. The van der Waals surface area contributed by atoms with Crippen LogP contribution in [-0.2, 0) is 6.54 Å². The second-order valence-electron chi connectivity index (χ2n) is 7.26. The minimum absolute atomic E-state index is 0.222. The summed E-state index contributed by atoms with van der Waals surface area (Å²) in [6.45, 7) is 8.46. The van der Waals surface area contributed by atoms with Gasteiger partial charge in [0.25, 0.3) is 0 Å². The van der Waals surface area contributed by atoms with Gasteiger partial charge in [0.05, 0.1) is 11.6 Å². The second-order valence-corrected chi connectivity index (χ2v) is 7.26. The summed E-state index contributed by atoms with van der Waals surface area (Å²) in [6, 6.07) is 6.52. The van der Waals surface area contributed by atoms with Crippen molar-refractivity contribution in [2.24, 2.45) is 5.92 Å². The third-order valence-electron chi connectivity index (χ3n) is 4.88. The van der Waals surface area contributed by atoms with Crippen molar-refractivity contribution >= 4 is 16.7 Å². The van der Waals surface area contributed by atoms with Gasteiger partial charge in [-0.3, -0.25) is 0 Å². The molecular formula is C19H24N6. The topological polar surface area (TPSA) is 59.7 Å². The molecule has 1 saturated heterocycles. The Balaban J connectivity index is 1.76. The molecule has 6 heteroatoms. The van der Waals surface area contributed by atoms with Crippen LogP contribution in [0.5, 0.6) is 0 Å². The van der Waals surface area contributed by atoms with Gasteiger partial charge in [-0.1, -0.05) is 26.0 Å². The van der Waals surface area contributed by atoms with E-state index in [-0.39, 0.29) is 6.04 Å². The van der Waals surface area contributed by atoms with Crippen molar-refractivity contribution in [2.45, 2.75) is 46.2 Å². The Morgan fingerprint density at radius 1 is 1.24 bits per heavy atom. The highest BCUT2D eigenvalue weighted by Gasteiger charge is 2.32. The second kappa shape index (κ2) is 6.43. The molecule has 1 aliphatic heterocycles. The summed E-state index contributed by atoms with van der Waals surface area (Å²) < 4.78 is 2.20. The summed E-state index contributed by atoms with van der Waals surface area (Å²) in [7, 11) is 0. The molecule has 1 aliphatic rings. The van der Waals surface area contributed by atoms with Gasteiger partial charge in [0.2, 0.25) is 0 Å². The highest BCUT2D eigenvalue weighted by atomic mass is 15.3. The van der Waals surface area contributed by atoms with Crippen LogP contribution in [0.15, 0.2) is 30.9 Å². The Hall–Kier alpha value is -2.50. The maximum absolute atomic E-state index is 4.64. The quantitative estimate of drug-likeness (QED) is 0.729. The minimum atomic E-state index is 0.222. The van der Waals surface area contributed by atoms with E-state index in [1.54, 1.807) is 6.33 Å². The molecule has 130 valence electrons. The van der Waals surface area contributed by atoms with Gasteiger partial charge < -0.3 is 9.47 Å². The lowest BCUT2D eigenvalue weighted by Crippen LogP contribution is -2.27. The number of hydrogen-bond donors (Lipinski definition) is 0. The lowest BCUT2D eigenvalue weighted by molar-refractivity contribution is 0.487. The minimum Gasteiger partial charge on any atom is -0.346 e. The fourth-order valence-corrected chi connectivity index (χ4v) is 3.80. The van der Waals surface area contributed by atoms with E-state index in [1.165, 1.54) is 5.56 Å². The van der Waals surface area contributed by atoms with Crippen LogP contribution in [0.2, 0.25) is 0 Å². The van der Waals surface area contributed by atoms with E-state index in [9.17, 15) is 0 Å². The first-order valence-corrected chi connectivity index (χ1v) is 9.00. The largest absolute Gasteiger partial charge is 0.346 e. The van der Waals surface area contributed by atoms with Gasteiger partial charge in [0, 0.05) is 18.5 Å². The number of fused-ring (bicyclic) bond motifs is 1. The van der Waals surface area contributed by atoms with Crippen LogP contribution in [0.3, 0.4) is 0 Å². The van der Waals surface area contributed by atoms with E-state index in [4.69, 9.17) is 0 Å². The number of aryl methyl sites for hydroxylation is 1. The molecule has 6 nitrogen and oxygen atoms in total. The Kier molecular flexibility index (Phi) is 4.11. The number of anilines is 1. The first kappa shape index (κ1) is 16.0. The predicted octanol–water partition coefficient (Wildman–Crippen LogP) is 3.53. The summed E-state index contributed by atoms with van der Waals surface area (Å²) in [5.41, 5.74) is 2.21. The maximum atomic E-state index is 4.64. The molecule has 0 radical (unpaired) electrons. The zero-order valence-corrected chi connectivity index (χ0v) is 15.1. The molecule has 3 aromatic rings. The Morgan fingerprint density at radius 3 is 2.96 bits per heavy atom. The summed E-state index contributed by atoms with van der Waals surface area (Å²) in [5.74, 6) is 2.62. The van der Waals surface area contributed by atoms with E-state index in [0.29, 0.717) is 5.92 Å². The summed E-state index contributed by atoms with van der Waals surface area (Å²) in [5, 5.41) is 9.75. The van der Waals surface area contributed by atoms with Gasteiger partial charge in [-0.25, -0.2) is 9.97 Å². The molecule has 0 bridgehead atoms. The van der Waals surface area contributed by atoms with Crippen molar-refractivity contribution in [1.82, 2.24) is 24.7 Å². The molecule has 1 atom stereocenters. The normalized spacial score (nSPS) is 17.8. The molecule has 3 heterocycles. The third kappa shape index (κ3) is 2.86. The van der Waals surface area contributed by atoms with Gasteiger partial charge in [0.15, 0.2) is 5.82 Å². The van der Waals surface area contributed by atoms with E-state index >= 15 is 0 Å². The highest BCUT2D eigenvalue weighted by Crippen LogP contribution is 2.37. The molecule has 0 amide bonds. The molecule has 0 N–H and O–H groups in total. The average Bonchev–Trinajstić information content (AvgIpc) is 3.23. The van der Waals surface area contributed by atoms with Gasteiger partial charge in [-0.05, 0) is 37.3 Å². The van der Waals surface area contributed by atoms with Crippen LogP contribution >= 0.6 is 0 Å². The van der Waals surface area contributed by atoms with Crippen molar-refractivity contribution in [3.05, 3.63) is 42.2 Å². The van der Waals surface area contributed by atoms with Crippen molar-refractivity contribution in [3.8, 4) is 0 Å². The number of aromatic nitrogens is 5. The smallest absolute Gasteiger partial charge is 0.155 e. The van der Waals surface area contributed by atoms with Crippen LogP contribution in [0.25, 0.3) is 10.9 Å². The average molecular weight is 336 g/mol. The van der Waals surface area contributed by atoms with Gasteiger partial charge in [-0.2, -0.15) is 0 Å². The van der Waals surface area contributed by atoms with E-state index in [2.05, 4.69) is 68.6 Å². The fraction of sp³-hybridized carbons (Fsp3) is 0.474. The van der Waals surface area contributed by atoms with E-state index in [0.717, 1.165) is 48.5 Å². The van der Waals surface area contributed by atoms with E-state index < -0.39 is 0 Å². The summed E-state index contributed by atoms with van der Waals surface area (Å²) in [6.07, 6.45) is 5.75. The van der Waals surface area contributed by atoms with Crippen molar-refractivity contribution in [2.75, 3.05) is 11.4 Å². The number of hydrogen-bond acceptors (Lipinski definition) is 5. The maximum Gasteiger partial charge on any atom is 0.155 e. The lowest BCUT2D eigenvalue weighted by atomic mass is 10.1. The number of nitrogens with zero attached hydrogens (tertiary/aromatic N) is 6. The molecule has 25 heavy (non-hydrogen) atoms. The fourth-order valence-electron chi connectivity index (χ4n) is 3.80. The molecule has 1 aromatic carbocycles. The lowest BCUT2D eigenvalue weighted by Gasteiger charge is -2.26. The monoisotopic (exact) mass is 336 g/mol. The van der Waals surface area contributed by atoms with Gasteiger partial charge in [-0.15, -0.1) is 10.2 Å². The summed E-state index contributed by atoms with van der Waals surface area (Å²) in [4.78, 5) is 11.5. The zero-order chi connectivity index (χ0) is 17.4.